The molecular formula is C25H23N3O3. The summed E-state index contributed by atoms with van der Waals surface area (Å²) in [4.78, 5) is 36.2. The van der Waals surface area contributed by atoms with Gasteiger partial charge in [0, 0.05) is 19.8 Å². The number of rotatable bonds is 4. The number of para-hydroxylation sites is 2. The van der Waals surface area contributed by atoms with Crippen LogP contribution >= 0.6 is 0 Å². The van der Waals surface area contributed by atoms with Crippen LogP contribution in [-0.4, -0.2) is 32.0 Å². The third-order valence-electron chi connectivity index (χ3n) is 5.89. The molecule has 3 atom stereocenters. The number of benzene rings is 3. The summed E-state index contributed by atoms with van der Waals surface area (Å²) in [5, 5.41) is 1.72. The van der Waals surface area contributed by atoms with Gasteiger partial charge in [-0.15, -0.1) is 0 Å². The van der Waals surface area contributed by atoms with Gasteiger partial charge < -0.3 is 4.90 Å². The maximum Gasteiger partial charge on any atom is 0.266 e. The van der Waals surface area contributed by atoms with Crippen molar-refractivity contribution in [3.05, 3.63) is 90.5 Å². The van der Waals surface area contributed by atoms with Crippen LogP contribution in [0.2, 0.25) is 0 Å². The largest absolute Gasteiger partial charge is 0.378 e. The van der Waals surface area contributed by atoms with Gasteiger partial charge in [-0.1, -0.05) is 48.5 Å². The first-order valence-corrected chi connectivity index (χ1v) is 10.3. The molecule has 31 heavy (non-hydrogen) atoms. The zero-order valence-corrected chi connectivity index (χ0v) is 17.4. The van der Waals surface area contributed by atoms with Crippen LogP contribution in [0.5, 0.6) is 0 Å². The van der Waals surface area contributed by atoms with Gasteiger partial charge in [0.1, 0.15) is 5.92 Å². The molecule has 0 radical (unpaired) electrons. The molecule has 6 nitrogen and oxygen atoms in total. The monoisotopic (exact) mass is 413 g/mol. The lowest BCUT2D eigenvalue weighted by molar-refractivity contribution is -0.126. The third-order valence-corrected chi connectivity index (χ3v) is 5.89. The highest BCUT2D eigenvalue weighted by molar-refractivity contribution is 6.23. The van der Waals surface area contributed by atoms with Crippen LogP contribution in [0.15, 0.2) is 84.9 Å². The van der Waals surface area contributed by atoms with Crippen LogP contribution in [0.25, 0.3) is 0 Å². The highest BCUT2D eigenvalue weighted by atomic mass is 16.7. The minimum atomic E-state index is -0.855. The Morgan fingerprint density at radius 1 is 0.742 bits per heavy atom. The maximum atomic E-state index is 13.5. The van der Waals surface area contributed by atoms with Gasteiger partial charge in [0.2, 0.25) is 5.91 Å². The summed E-state index contributed by atoms with van der Waals surface area (Å²) in [6.45, 7) is 0. The lowest BCUT2D eigenvalue weighted by atomic mass is 9.90. The predicted molar refractivity (Wildman–Crippen MR) is 120 cm³/mol. The molecule has 3 aromatic carbocycles. The van der Waals surface area contributed by atoms with E-state index in [2.05, 4.69) is 0 Å². The molecule has 0 spiro atoms. The van der Waals surface area contributed by atoms with E-state index in [1.165, 1.54) is 4.90 Å². The molecule has 0 bridgehead atoms. The Bertz CT molecular complexity index is 1100. The fourth-order valence-corrected chi connectivity index (χ4v) is 4.35. The Kier molecular flexibility index (Phi) is 4.71. The normalized spacial score (nSPS) is 22.7. The standard InChI is InChI=1S/C25H23N3O3/c1-26(2)18-15-13-17(14-16-18)22-21-23(31-28(22)20-11-7-4-8-12-20)25(30)27(24(21)29)19-9-5-3-6-10-19/h3-16,21-23H,1-2H3/t21-,22-,23+/m1/s1. The number of carbonyl (C=O) groups excluding carboxylic acids is 2. The average molecular weight is 413 g/mol. The lowest BCUT2D eigenvalue weighted by Gasteiger charge is -2.29. The van der Waals surface area contributed by atoms with Crippen LogP contribution in [0.1, 0.15) is 11.6 Å². The Balaban J connectivity index is 1.57. The molecule has 0 N–H and O–H groups in total. The van der Waals surface area contributed by atoms with E-state index in [9.17, 15) is 9.59 Å². The van der Waals surface area contributed by atoms with Crippen molar-refractivity contribution in [2.24, 2.45) is 5.92 Å². The molecule has 2 fully saturated rings. The molecule has 2 aliphatic heterocycles. The predicted octanol–water partition coefficient (Wildman–Crippen LogP) is 3.80. The van der Waals surface area contributed by atoms with Gasteiger partial charge in [-0.3, -0.25) is 14.4 Å². The molecule has 0 aromatic heterocycles. The van der Waals surface area contributed by atoms with E-state index >= 15 is 0 Å². The van der Waals surface area contributed by atoms with Gasteiger partial charge in [0.05, 0.1) is 17.4 Å². The molecule has 2 heterocycles. The molecule has 2 aliphatic rings. The van der Waals surface area contributed by atoms with Gasteiger partial charge in [-0.2, -0.15) is 0 Å². The molecule has 2 amide bonds. The van der Waals surface area contributed by atoms with Gasteiger partial charge >= 0.3 is 0 Å². The summed E-state index contributed by atoms with van der Waals surface area (Å²) < 4.78 is 0. The first kappa shape index (κ1) is 19.3. The van der Waals surface area contributed by atoms with E-state index in [1.54, 1.807) is 17.2 Å². The fraction of sp³-hybridized carbons (Fsp3) is 0.200. The maximum absolute atomic E-state index is 13.5. The molecule has 5 rings (SSSR count). The highest BCUT2D eigenvalue weighted by Crippen LogP contribution is 2.47. The molecule has 2 saturated heterocycles. The van der Waals surface area contributed by atoms with Gasteiger partial charge in [-0.25, -0.2) is 9.96 Å². The Morgan fingerprint density at radius 2 is 1.32 bits per heavy atom. The number of hydrogen-bond acceptors (Lipinski definition) is 5. The molecule has 0 aliphatic carbocycles. The van der Waals surface area contributed by atoms with Crippen LogP contribution in [0.4, 0.5) is 17.1 Å². The number of fused-ring (bicyclic) bond motifs is 1. The van der Waals surface area contributed by atoms with E-state index in [0.29, 0.717) is 5.69 Å². The third kappa shape index (κ3) is 3.16. The van der Waals surface area contributed by atoms with Crippen LogP contribution in [-0.2, 0) is 14.4 Å². The topological polar surface area (TPSA) is 53.1 Å². The van der Waals surface area contributed by atoms with E-state index in [4.69, 9.17) is 4.84 Å². The zero-order valence-electron chi connectivity index (χ0n) is 17.4. The van der Waals surface area contributed by atoms with Gasteiger partial charge in [0.25, 0.3) is 5.91 Å². The Hall–Kier alpha value is -3.64. The molecule has 3 aromatic rings. The van der Waals surface area contributed by atoms with E-state index in [-0.39, 0.29) is 11.8 Å². The summed E-state index contributed by atoms with van der Waals surface area (Å²) in [5.41, 5.74) is 3.37. The number of carbonyl (C=O) groups is 2. The second kappa shape index (κ2) is 7.56. The minimum absolute atomic E-state index is 0.235. The molecule has 0 saturated carbocycles. The fourth-order valence-electron chi connectivity index (χ4n) is 4.35. The summed E-state index contributed by atoms with van der Waals surface area (Å²) in [5.74, 6) is -1.19. The minimum Gasteiger partial charge on any atom is -0.378 e. The van der Waals surface area contributed by atoms with Crippen molar-refractivity contribution in [3.63, 3.8) is 0 Å². The summed E-state index contributed by atoms with van der Waals surface area (Å²) in [6, 6.07) is 26.3. The molecular weight excluding hydrogens is 390 g/mol. The van der Waals surface area contributed by atoms with Crippen molar-refractivity contribution in [2.75, 3.05) is 29.0 Å². The molecule has 156 valence electrons. The second-order valence-electron chi connectivity index (χ2n) is 7.99. The van der Waals surface area contributed by atoms with E-state index < -0.39 is 18.1 Å². The zero-order chi connectivity index (χ0) is 21.5. The number of anilines is 3. The van der Waals surface area contributed by atoms with Crippen molar-refractivity contribution in [1.82, 2.24) is 0 Å². The highest BCUT2D eigenvalue weighted by Gasteiger charge is 2.60. The number of hydroxylamine groups is 1. The Morgan fingerprint density at radius 3 is 1.90 bits per heavy atom. The van der Waals surface area contributed by atoms with Crippen molar-refractivity contribution >= 4 is 28.9 Å². The number of amides is 2. The number of imide groups is 1. The van der Waals surface area contributed by atoms with Crippen molar-refractivity contribution in [2.45, 2.75) is 12.1 Å². The lowest BCUT2D eigenvalue weighted by Crippen LogP contribution is -2.37. The van der Waals surface area contributed by atoms with Crippen LogP contribution < -0.4 is 14.9 Å². The number of hydrogen-bond donors (Lipinski definition) is 0. The van der Waals surface area contributed by atoms with Crippen molar-refractivity contribution in [1.29, 1.82) is 0 Å². The second-order valence-corrected chi connectivity index (χ2v) is 7.99. The number of nitrogens with zero attached hydrogens (tertiary/aromatic N) is 3. The summed E-state index contributed by atoms with van der Waals surface area (Å²) >= 11 is 0. The van der Waals surface area contributed by atoms with Gasteiger partial charge in [-0.05, 0) is 42.0 Å². The molecule has 6 heteroatoms. The summed E-state index contributed by atoms with van der Waals surface area (Å²) in [7, 11) is 3.97. The molecule has 0 unspecified atom stereocenters. The first-order valence-electron chi connectivity index (χ1n) is 10.3. The van der Waals surface area contributed by atoms with Crippen molar-refractivity contribution < 1.29 is 14.4 Å². The smallest absolute Gasteiger partial charge is 0.266 e. The van der Waals surface area contributed by atoms with E-state index in [0.717, 1.165) is 16.9 Å². The van der Waals surface area contributed by atoms with Gasteiger partial charge in [0.15, 0.2) is 6.10 Å². The van der Waals surface area contributed by atoms with Crippen LogP contribution in [0.3, 0.4) is 0 Å². The van der Waals surface area contributed by atoms with Crippen molar-refractivity contribution in [3.8, 4) is 0 Å². The SMILES string of the molecule is CN(C)c1ccc([C@@H]2[C@H]3C(=O)N(c4ccccc4)C(=O)[C@H]3ON2c2ccccc2)cc1. The van der Waals surface area contributed by atoms with E-state index in [1.807, 2.05) is 91.8 Å². The first-order chi connectivity index (χ1) is 15.1. The van der Waals surface area contributed by atoms with Crippen LogP contribution in [0, 0.1) is 5.92 Å². The summed E-state index contributed by atoms with van der Waals surface area (Å²) in [6.07, 6.45) is -0.855. The Labute approximate surface area is 181 Å². The quantitative estimate of drug-likeness (QED) is 0.609. The average Bonchev–Trinajstić information content (AvgIpc) is 3.31.